The van der Waals surface area contributed by atoms with Gasteiger partial charge in [0, 0.05) is 19.4 Å². The molecule has 0 spiro atoms. The minimum Gasteiger partial charge on any atom is -0.426 e. The van der Waals surface area contributed by atoms with Gasteiger partial charge in [-0.3, -0.25) is 0 Å². The first-order valence-corrected chi connectivity index (χ1v) is 7.66. The highest BCUT2D eigenvalue weighted by Gasteiger charge is 2.61. The number of carbonyl (C=O) groups is 3. The van der Waals surface area contributed by atoms with Crippen LogP contribution < -0.4 is 0 Å². The van der Waals surface area contributed by atoms with Gasteiger partial charge in [-0.1, -0.05) is 48.5 Å². The quantitative estimate of drug-likeness (QED) is 0.631. The van der Waals surface area contributed by atoms with Crippen LogP contribution in [0, 0.1) is 0 Å². The maximum atomic E-state index is 12.7. The fourth-order valence-electron chi connectivity index (χ4n) is 2.52. The molecular formula is C19H16O6. The van der Waals surface area contributed by atoms with Crippen LogP contribution in [0.5, 0.6) is 0 Å². The molecular weight excluding hydrogens is 324 g/mol. The molecule has 1 fully saturated rings. The molecule has 0 aliphatic carbocycles. The molecule has 0 atom stereocenters. The van der Waals surface area contributed by atoms with E-state index in [0.717, 1.165) is 0 Å². The molecule has 0 amide bonds. The topological polar surface area (TPSA) is 78.9 Å². The highest BCUT2D eigenvalue weighted by Crippen LogP contribution is 2.37. The van der Waals surface area contributed by atoms with Gasteiger partial charge in [-0.15, -0.1) is 0 Å². The molecule has 2 aromatic carbocycles. The van der Waals surface area contributed by atoms with Crippen molar-refractivity contribution in [2.45, 2.75) is 25.2 Å². The molecule has 1 heterocycles. The van der Waals surface area contributed by atoms with E-state index in [1.807, 2.05) is 0 Å². The highest BCUT2D eigenvalue weighted by atomic mass is 16.8. The molecule has 0 saturated carbocycles. The molecule has 0 unspecified atom stereocenters. The van der Waals surface area contributed by atoms with Gasteiger partial charge in [-0.05, 0) is 12.1 Å². The molecule has 1 saturated heterocycles. The van der Waals surface area contributed by atoms with Crippen molar-refractivity contribution in [3.8, 4) is 0 Å². The van der Waals surface area contributed by atoms with E-state index in [9.17, 15) is 14.4 Å². The number of ether oxygens (including phenoxy) is 3. The second kappa shape index (κ2) is 6.05. The van der Waals surface area contributed by atoms with Gasteiger partial charge in [0.1, 0.15) is 0 Å². The normalized spacial score (nSPS) is 18.0. The van der Waals surface area contributed by atoms with Crippen LogP contribution in [0.15, 0.2) is 60.7 Å². The van der Waals surface area contributed by atoms with Gasteiger partial charge >= 0.3 is 23.5 Å². The molecule has 128 valence electrons. The lowest BCUT2D eigenvalue weighted by molar-refractivity contribution is -0.261. The van der Waals surface area contributed by atoms with Crippen LogP contribution in [-0.4, -0.2) is 23.7 Å². The van der Waals surface area contributed by atoms with Gasteiger partial charge in [0.15, 0.2) is 0 Å². The molecule has 6 heteroatoms. The van der Waals surface area contributed by atoms with Crippen molar-refractivity contribution in [2.75, 3.05) is 0 Å². The van der Waals surface area contributed by atoms with E-state index >= 15 is 0 Å². The fourth-order valence-corrected chi connectivity index (χ4v) is 2.52. The minimum atomic E-state index is -2.30. The van der Waals surface area contributed by atoms with Gasteiger partial charge in [-0.25, -0.2) is 14.4 Å². The number of esters is 3. The molecule has 25 heavy (non-hydrogen) atoms. The zero-order chi connectivity index (χ0) is 18.1. The first-order chi connectivity index (χ1) is 11.8. The summed E-state index contributed by atoms with van der Waals surface area (Å²) in [7, 11) is 0. The van der Waals surface area contributed by atoms with Gasteiger partial charge in [0.05, 0.1) is 5.56 Å². The highest BCUT2D eigenvalue weighted by molar-refractivity contribution is 6.08. The van der Waals surface area contributed by atoms with E-state index in [4.69, 9.17) is 14.2 Å². The molecule has 0 radical (unpaired) electrons. The Bertz CT molecular complexity index is 790. The number of hydrogen-bond acceptors (Lipinski definition) is 6. The zero-order valence-corrected chi connectivity index (χ0v) is 13.7. The Kier molecular flexibility index (Phi) is 4.04. The fraction of sp³-hybridized carbons (Fsp3) is 0.211. The Labute approximate surface area is 144 Å². The Morgan fingerprint density at radius 1 is 0.840 bits per heavy atom. The Hall–Kier alpha value is -3.15. The summed E-state index contributed by atoms with van der Waals surface area (Å²) in [5.41, 5.74) is -1.95. The van der Waals surface area contributed by atoms with Crippen LogP contribution >= 0.6 is 0 Å². The lowest BCUT2D eigenvalue weighted by atomic mass is 9.92. The van der Waals surface area contributed by atoms with Gasteiger partial charge < -0.3 is 14.2 Å². The second-order valence-corrected chi connectivity index (χ2v) is 5.98. The third-order valence-electron chi connectivity index (χ3n) is 3.69. The predicted molar refractivity (Wildman–Crippen MR) is 86.2 cm³/mol. The van der Waals surface area contributed by atoms with E-state index in [0.29, 0.717) is 0 Å². The standard InChI is InChI=1S/C19H16O6/c1-18(2)24-16(21)19(17(22)25-18,14-11-7-4-8-12-14)23-15(20)13-9-5-3-6-10-13/h3-12H,1-2H3. The average Bonchev–Trinajstić information content (AvgIpc) is 2.59. The molecule has 1 aliphatic rings. The van der Waals surface area contributed by atoms with Crippen molar-refractivity contribution in [1.29, 1.82) is 0 Å². The van der Waals surface area contributed by atoms with E-state index in [1.165, 1.54) is 38.1 Å². The third-order valence-corrected chi connectivity index (χ3v) is 3.69. The summed E-state index contributed by atoms with van der Waals surface area (Å²) in [5, 5.41) is 0. The molecule has 1 aliphatic heterocycles. The van der Waals surface area contributed by atoms with Crippen LogP contribution in [0.4, 0.5) is 0 Å². The number of cyclic esters (lactones) is 2. The predicted octanol–water partition coefficient (Wildman–Crippen LogP) is 2.58. The number of benzene rings is 2. The van der Waals surface area contributed by atoms with Crippen molar-refractivity contribution in [3.63, 3.8) is 0 Å². The molecule has 0 N–H and O–H groups in total. The zero-order valence-electron chi connectivity index (χ0n) is 13.7. The van der Waals surface area contributed by atoms with E-state index < -0.39 is 29.3 Å². The maximum absolute atomic E-state index is 12.7. The third kappa shape index (κ3) is 2.98. The van der Waals surface area contributed by atoms with Gasteiger partial charge in [-0.2, -0.15) is 0 Å². The smallest absolute Gasteiger partial charge is 0.370 e. The molecule has 6 nitrogen and oxygen atoms in total. The minimum absolute atomic E-state index is 0.157. The summed E-state index contributed by atoms with van der Waals surface area (Å²) in [6, 6.07) is 16.0. The van der Waals surface area contributed by atoms with Crippen molar-refractivity contribution < 1.29 is 28.6 Å². The van der Waals surface area contributed by atoms with Crippen LogP contribution in [-0.2, 0) is 29.4 Å². The summed E-state index contributed by atoms with van der Waals surface area (Å²) >= 11 is 0. The first kappa shape index (κ1) is 16.7. The SMILES string of the molecule is CC1(C)OC(=O)C(OC(=O)c2ccccc2)(c2ccccc2)C(=O)O1. The van der Waals surface area contributed by atoms with E-state index in [2.05, 4.69) is 0 Å². The van der Waals surface area contributed by atoms with Crippen LogP contribution in [0.25, 0.3) is 0 Å². The summed E-state index contributed by atoms with van der Waals surface area (Å²) < 4.78 is 15.8. The van der Waals surface area contributed by atoms with Crippen molar-refractivity contribution in [1.82, 2.24) is 0 Å². The maximum Gasteiger partial charge on any atom is 0.370 e. The summed E-state index contributed by atoms with van der Waals surface area (Å²) in [5.74, 6) is -4.27. The summed E-state index contributed by atoms with van der Waals surface area (Å²) in [4.78, 5) is 37.9. The Morgan fingerprint density at radius 2 is 1.32 bits per heavy atom. The van der Waals surface area contributed by atoms with E-state index in [-0.39, 0.29) is 11.1 Å². The Morgan fingerprint density at radius 3 is 1.84 bits per heavy atom. The van der Waals surface area contributed by atoms with Gasteiger partial charge in [0.2, 0.25) is 0 Å². The summed E-state index contributed by atoms with van der Waals surface area (Å²) in [6.45, 7) is 2.85. The van der Waals surface area contributed by atoms with Crippen molar-refractivity contribution in [2.24, 2.45) is 0 Å². The van der Waals surface area contributed by atoms with Crippen LogP contribution in [0.3, 0.4) is 0 Å². The molecule has 0 bridgehead atoms. The Balaban J connectivity index is 2.07. The summed E-state index contributed by atoms with van der Waals surface area (Å²) in [6.07, 6.45) is 0. The van der Waals surface area contributed by atoms with E-state index in [1.54, 1.807) is 36.4 Å². The number of hydrogen-bond donors (Lipinski definition) is 0. The number of rotatable bonds is 3. The monoisotopic (exact) mass is 340 g/mol. The van der Waals surface area contributed by atoms with Crippen molar-refractivity contribution >= 4 is 17.9 Å². The molecule has 0 aromatic heterocycles. The van der Waals surface area contributed by atoms with Gasteiger partial charge in [0.25, 0.3) is 5.79 Å². The van der Waals surface area contributed by atoms with Crippen molar-refractivity contribution in [3.05, 3.63) is 71.8 Å². The average molecular weight is 340 g/mol. The van der Waals surface area contributed by atoms with Crippen LogP contribution in [0.2, 0.25) is 0 Å². The first-order valence-electron chi connectivity index (χ1n) is 7.66. The lowest BCUT2D eigenvalue weighted by Crippen LogP contribution is -2.58. The molecule has 2 aromatic rings. The largest absolute Gasteiger partial charge is 0.426 e. The molecule has 3 rings (SSSR count). The number of carbonyl (C=O) groups excluding carboxylic acids is 3. The second-order valence-electron chi connectivity index (χ2n) is 5.98. The lowest BCUT2D eigenvalue weighted by Gasteiger charge is -2.39. The van der Waals surface area contributed by atoms with Crippen LogP contribution in [0.1, 0.15) is 29.8 Å².